The Hall–Kier alpha value is -1.92. The van der Waals surface area contributed by atoms with E-state index in [1.54, 1.807) is 6.07 Å². The van der Waals surface area contributed by atoms with Gasteiger partial charge in [0.05, 0.1) is 13.2 Å². The number of carbonyl (C=O) groups is 1. The molecule has 0 saturated heterocycles. The molecule has 2 N–H and O–H groups in total. The number of carbonyl (C=O) groups excluding carboxylic acids is 1. The van der Waals surface area contributed by atoms with E-state index in [1.807, 2.05) is 18.2 Å². The van der Waals surface area contributed by atoms with Crippen LogP contribution >= 0.6 is 11.6 Å². The number of aromatic nitrogens is 3. The molecule has 0 aliphatic rings. The van der Waals surface area contributed by atoms with Crippen LogP contribution in [-0.4, -0.2) is 34.4 Å². The fourth-order valence-corrected chi connectivity index (χ4v) is 1.99. The molecule has 1 heterocycles. The Balaban J connectivity index is 2.35. The number of rotatable bonds is 4. The van der Waals surface area contributed by atoms with Crippen LogP contribution in [0, 0.1) is 0 Å². The summed E-state index contributed by atoms with van der Waals surface area (Å²) in [5.74, 6) is -0.596. The van der Waals surface area contributed by atoms with Crippen molar-refractivity contribution in [2.24, 2.45) is 5.73 Å². The van der Waals surface area contributed by atoms with Crippen LogP contribution in [0.5, 0.6) is 0 Å². The molecule has 0 saturated carbocycles. The molecule has 0 radical (unpaired) electrons. The monoisotopic (exact) mass is 280 g/mol. The van der Waals surface area contributed by atoms with Gasteiger partial charge in [0.15, 0.2) is 0 Å². The number of methoxy groups -OCH3 is 1. The maximum atomic E-state index is 11.3. The van der Waals surface area contributed by atoms with E-state index in [2.05, 4.69) is 14.8 Å². The van der Waals surface area contributed by atoms with Crippen molar-refractivity contribution in [2.45, 2.75) is 6.04 Å². The van der Waals surface area contributed by atoms with Gasteiger partial charge in [0, 0.05) is 11.6 Å². The molecule has 7 heteroatoms. The molecule has 1 unspecified atom stereocenters. The van der Waals surface area contributed by atoms with Crippen molar-refractivity contribution in [1.82, 2.24) is 14.8 Å². The maximum Gasteiger partial charge on any atom is 0.377 e. The second-order valence-electron chi connectivity index (χ2n) is 3.81. The van der Waals surface area contributed by atoms with E-state index >= 15 is 0 Å². The highest BCUT2D eigenvalue weighted by Crippen LogP contribution is 2.24. The zero-order valence-corrected chi connectivity index (χ0v) is 11.0. The summed E-state index contributed by atoms with van der Waals surface area (Å²) < 4.78 is 6.07. The number of hydrogen-bond donors (Lipinski definition) is 1. The molecule has 0 fully saturated rings. The van der Waals surface area contributed by atoms with Gasteiger partial charge in [0.25, 0.3) is 5.82 Å². The number of benzene rings is 1. The molecule has 19 heavy (non-hydrogen) atoms. The number of ether oxygens (including phenoxy) is 1. The van der Waals surface area contributed by atoms with Gasteiger partial charge in [-0.15, -0.1) is 5.10 Å². The predicted octanol–water partition coefficient (Wildman–Crippen LogP) is 1.27. The van der Waals surface area contributed by atoms with Crippen LogP contribution in [0.25, 0.3) is 0 Å². The molecular weight excluding hydrogens is 268 g/mol. The molecular formula is C12H13ClN4O2. The molecule has 2 rings (SSSR count). The summed E-state index contributed by atoms with van der Waals surface area (Å²) >= 11 is 6.14. The van der Waals surface area contributed by atoms with Gasteiger partial charge in [0.2, 0.25) is 0 Å². The van der Waals surface area contributed by atoms with Crippen molar-refractivity contribution in [3.8, 4) is 0 Å². The van der Waals surface area contributed by atoms with Gasteiger partial charge in [-0.3, -0.25) is 0 Å². The summed E-state index contributed by atoms with van der Waals surface area (Å²) in [5, 5.41) is 4.65. The van der Waals surface area contributed by atoms with Crippen molar-refractivity contribution in [3.05, 3.63) is 47.0 Å². The summed E-state index contributed by atoms with van der Waals surface area (Å²) in [6.07, 6.45) is 1.44. The fourth-order valence-electron chi connectivity index (χ4n) is 1.73. The average molecular weight is 281 g/mol. The molecule has 0 amide bonds. The lowest BCUT2D eigenvalue weighted by Gasteiger charge is -2.16. The molecule has 0 spiro atoms. The minimum Gasteiger partial charge on any atom is -0.463 e. The molecule has 1 atom stereocenters. The predicted molar refractivity (Wildman–Crippen MR) is 70.0 cm³/mol. The third kappa shape index (κ3) is 2.74. The van der Waals surface area contributed by atoms with E-state index in [1.165, 1.54) is 18.1 Å². The van der Waals surface area contributed by atoms with Gasteiger partial charge in [-0.25, -0.2) is 14.5 Å². The Morgan fingerprint density at radius 2 is 2.26 bits per heavy atom. The third-order valence-electron chi connectivity index (χ3n) is 2.68. The smallest absolute Gasteiger partial charge is 0.377 e. The van der Waals surface area contributed by atoms with Crippen LogP contribution in [0.15, 0.2) is 30.6 Å². The summed E-state index contributed by atoms with van der Waals surface area (Å²) in [6, 6.07) is 7.05. The standard InChI is InChI=1S/C12H13ClN4O2/c1-19-12(18)11-15-7-17(16-11)10(6-14)8-4-2-3-5-9(8)13/h2-5,7,10H,6,14H2,1H3. The molecule has 1 aromatic heterocycles. The van der Waals surface area contributed by atoms with E-state index in [9.17, 15) is 4.79 Å². The van der Waals surface area contributed by atoms with E-state index in [0.717, 1.165) is 5.56 Å². The molecule has 0 aliphatic carbocycles. The summed E-state index contributed by atoms with van der Waals surface area (Å²) in [5.41, 5.74) is 6.59. The Bertz CT molecular complexity index is 585. The third-order valence-corrected chi connectivity index (χ3v) is 3.03. The minimum atomic E-state index is -0.589. The minimum absolute atomic E-state index is 0.00648. The van der Waals surface area contributed by atoms with E-state index in [-0.39, 0.29) is 18.4 Å². The Labute approximate surface area is 115 Å². The quantitative estimate of drug-likeness (QED) is 0.853. The van der Waals surface area contributed by atoms with Gasteiger partial charge in [0.1, 0.15) is 6.33 Å². The maximum absolute atomic E-state index is 11.3. The molecule has 0 bridgehead atoms. The second-order valence-corrected chi connectivity index (χ2v) is 4.22. The number of nitrogens with zero attached hydrogens (tertiary/aromatic N) is 3. The number of hydrogen-bond acceptors (Lipinski definition) is 5. The van der Waals surface area contributed by atoms with Crippen LogP contribution in [-0.2, 0) is 4.74 Å². The van der Waals surface area contributed by atoms with Crippen LogP contribution < -0.4 is 5.73 Å². The van der Waals surface area contributed by atoms with E-state index < -0.39 is 5.97 Å². The number of nitrogens with two attached hydrogens (primary N) is 1. The van der Waals surface area contributed by atoms with Crippen molar-refractivity contribution >= 4 is 17.6 Å². The molecule has 0 aliphatic heterocycles. The van der Waals surface area contributed by atoms with Crippen molar-refractivity contribution in [3.63, 3.8) is 0 Å². The summed E-state index contributed by atoms with van der Waals surface area (Å²) in [6.45, 7) is 0.285. The molecule has 1 aromatic carbocycles. The average Bonchev–Trinajstić information content (AvgIpc) is 2.90. The lowest BCUT2D eigenvalue weighted by molar-refractivity contribution is 0.0586. The zero-order chi connectivity index (χ0) is 13.8. The number of halogens is 1. The van der Waals surface area contributed by atoms with Crippen LogP contribution in [0.3, 0.4) is 0 Å². The van der Waals surface area contributed by atoms with Crippen molar-refractivity contribution in [1.29, 1.82) is 0 Å². The van der Waals surface area contributed by atoms with Gasteiger partial charge in [-0.1, -0.05) is 29.8 Å². The molecule has 100 valence electrons. The first-order valence-corrected chi connectivity index (χ1v) is 5.99. The summed E-state index contributed by atoms with van der Waals surface area (Å²) in [7, 11) is 1.28. The lowest BCUT2D eigenvalue weighted by Crippen LogP contribution is -2.21. The highest BCUT2D eigenvalue weighted by atomic mass is 35.5. The van der Waals surface area contributed by atoms with Gasteiger partial charge >= 0.3 is 5.97 Å². The largest absolute Gasteiger partial charge is 0.463 e. The van der Waals surface area contributed by atoms with Crippen LogP contribution in [0.4, 0.5) is 0 Å². The Morgan fingerprint density at radius 3 is 2.89 bits per heavy atom. The highest BCUT2D eigenvalue weighted by Gasteiger charge is 2.19. The number of esters is 1. The van der Waals surface area contributed by atoms with E-state index in [4.69, 9.17) is 17.3 Å². The van der Waals surface area contributed by atoms with Gasteiger partial charge < -0.3 is 10.5 Å². The van der Waals surface area contributed by atoms with Crippen molar-refractivity contribution in [2.75, 3.05) is 13.7 Å². The Kier molecular flexibility index (Phi) is 4.13. The normalized spacial score (nSPS) is 12.2. The van der Waals surface area contributed by atoms with Gasteiger partial charge in [-0.05, 0) is 11.6 Å². The molecule has 2 aromatic rings. The van der Waals surface area contributed by atoms with Crippen LogP contribution in [0.2, 0.25) is 5.02 Å². The van der Waals surface area contributed by atoms with Crippen LogP contribution in [0.1, 0.15) is 22.2 Å². The lowest BCUT2D eigenvalue weighted by atomic mass is 10.1. The highest BCUT2D eigenvalue weighted by molar-refractivity contribution is 6.31. The first-order chi connectivity index (χ1) is 9.17. The zero-order valence-electron chi connectivity index (χ0n) is 10.3. The summed E-state index contributed by atoms with van der Waals surface area (Å²) in [4.78, 5) is 15.2. The molecule has 6 nitrogen and oxygen atoms in total. The Morgan fingerprint density at radius 1 is 1.53 bits per heavy atom. The first-order valence-electron chi connectivity index (χ1n) is 5.61. The first kappa shape index (κ1) is 13.5. The van der Waals surface area contributed by atoms with E-state index in [0.29, 0.717) is 5.02 Å². The second kappa shape index (κ2) is 5.81. The van der Waals surface area contributed by atoms with Crippen molar-refractivity contribution < 1.29 is 9.53 Å². The fraction of sp³-hybridized carbons (Fsp3) is 0.250. The topological polar surface area (TPSA) is 83.0 Å². The van der Waals surface area contributed by atoms with Gasteiger partial charge in [-0.2, -0.15) is 0 Å². The SMILES string of the molecule is COC(=O)c1ncn(C(CN)c2ccccc2Cl)n1.